The van der Waals surface area contributed by atoms with Gasteiger partial charge in [0.25, 0.3) is 5.91 Å². The standard InChI is InChI=1S/C16H14N2O2/c1-11-10-18(15-5-3-2-4-14(11)15)13-8-6-12(7-9-13)16(19)17-20/h2-10,20H,1H3,(H,17,19). The van der Waals surface area contributed by atoms with Gasteiger partial charge in [0.05, 0.1) is 5.52 Å². The molecule has 0 saturated heterocycles. The highest BCUT2D eigenvalue weighted by molar-refractivity contribution is 5.93. The molecule has 0 bridgehead atoms. The number of hydrogen-bond acceptors (Lipinski definition) is 2. The van der Waals surface area contributed by atoms with Crippen LogP contribution in [0, 0.1) is 6.92 Å². The van der Waals surface area contributed by atoms with Gasteiger partial charge in [0.1, 0.15) is 0 Å². The zero-order valence-electron chi connectivity index (χ0n) is 11.0. The Morgan fingerprint density at radius 3 is 2.50 bits per heavy atom. The van der Waals surface area contributed by atoms with Crippen molar-refractivity contribution in [3.05, 3.63) is 65.9 Å². The molecule has 0 aliphatic carbocycles. The third-order valence-corrected chi connectivity index (χ3v) is 3.42. The number of aryl methyl sites for hydroxylation is 1. The average Bonchev–Trinajstić information content (AvgIpc) is 2.84. The molecule has 0 saturated carbocycles. The van der Waals surface area contributed by atoms with Gasteiger partial charge in [-0.2, -0.15) is 0 Å². The SMILES string of the molecule is Cc1cn(-c2ccc(C(=O)NO)cc2)c2ccccc12. The molecule has 3 rings (SSSR count). The number of hydrogen-bond donors (Lipinski definition) is 2. The second-order valence-corrected chi connectivity index (χ2v) is 4.69. The molecule has 0 aliphatic heterocycles. The van der Waals surface area contributed by atoms with Gasteiger partial charge in [-0.25, -0.2) is 5.48 Å². The first-order valence-electron chi connectivity index (χ1n) is 6.32. The Balaban J connectivity index is 2.09. The van der Waals surface area contributed by atoms with E-state index >= 15 is 0 Å². The summed E-state index contributed by atoms with van der Waals surface area (Å²) in [6, 6.07) is 15.3. The summed E-state index contributed by atoms with van der Waals surface area (Å²) in [6.45, 7) is 2.08. The maximum absolute atomic E-state index is 11.3. The highest BCUT2D eigenvalue weighted by Crippen LogP contribution is 2.24. The minimum Gasteiger partial charge on any atom is -0.316 e. The van der Waals surface area contributed by atoms with E-state index in [1.54, 1.807) is 17.6 Å². The molecule has 1 heterocycles. The number of carbonyl (C=O) groups excluding carboxylic acids is 1. The Hall–Kier alpha value is -2.59. The van der Waals surface area contributed by atoms with Crippen molar-refractivity contribution in [1.82, 2.24) is 10.0 Å². The molecule has 4 heteroatoms. The van der Waals surface area contributed by atoms with Crippen LogP contribution in [0.1, 0.15) is 15.9 Å². The fourth-order valence-corrected chi connectivity index (χ4v) is 2.40. The second kappa shape index (κ2) is 4.83. The molecule has 0 fully saturated rings. The summed E-state index contributed by atoms with van der Waals surface area (Å²) in [4.78, 5) is 11.3. The highest BCUT2D eigenvalue weighted by Gasteiger charge is 2.08. The van der Waals surface area contributed by atoms with Gasteiger partial charge in [0.2, 0.25) is 0 Å². The molecule has 3 aromatic rings. The summed E-state index contributed by atoms with van der Waals surface area (Å²) in [5, 5.41) is 9.83. The van der Waals surface area contributed by atoms with E-state index in [4.69, 9.17) is 5.21 Å². The maximum Gasteiger partial charge on any atom is 0.274 e. The minimum absolute atomic E-state index is 0.421. The van der Waals surface area contributed by atoms with Crippen molar-refractivity contribution < 1.29 is 10.0 Å². The van der Waals surface area contributed by atoms with Gasteiger partial charge in [-0.05, 0) is 42.8 Å². The zero-order chi connectivity index (χ0) is 14.1. The van der Waals surface area contributed by atoms with Crippen LogP contribution in [0.4, 0.5) is 0 Å². The van der Waals surface area contributed by atoms with Crippen LogP contribution in [0.15, 0.2) is 54.7 Å². The molecule has 100 valence electrons. The molecule has 0 atom stereocenters. The number of nitrogens with zero attached hydrogens (tertiary/aromatic N) is 1. The number of para-hydroxylation sites is 1. The van der Waals surface area contributed by atoms with Crippen molar-refractivity contribution in [2.24, 2.45) is 0 Å². The van der Waals surface area contributed by atoms with Crippen LogP contribution >= 0.6 is 0 Å². The van der Waals surface area contributed by atoms with Crippen molar-refractivity contribution in [2.45, 2.75) is 6.92 Å². The minimum atomic E-state index is -0.509. The molecule has 0 radical (unpaired) electrons. The molecule has 1 amide bonds. The van der Waals surface area contributed by atoms with Gasteiger partial charge in [0.15, 0.2) is 0 Å². The van der Waals surface area contributed by atoms with Gasteiger partial charge in [-0.1, -0.05) is 18.2 Å². The normalized spacial score (nSPS) is 10.7. The van der Waals surface area contributed by atoms with Crippen LogP contribution in [-0.2, 0) is 0 Å². The van der Waals surface area contributed by atoms with Gasteiger partial charge < -0.3 is 4.57 Å². The molecular formula is C16H14N2O2. The van der Waals surface area contributed by atoms with E-state index in [1.165, 1.54) is 10.9 Å². The number of rotatable bonds is 2. The Kier molecular flexibility index (Phi) is 3.00. The van der Waals surface area contributed by atoms with Crippen LogP contribution in [-0.4, -0.2) is 15.7 Å². The Bertz CT molecular complexity index is 773. The van der Waals surface area contributed by atoms with Gasteiger partial charge >= 0.3 is 0 Å². The molecule has 0 aliphatic rings. The molecule has 4 nitrogen and oxygen atoms in total. The van der Waals surface area contributed by atoms with E-state index in [1.807, 2.05) is 24.3 Å². The third-order valence-electron chi connectivity index (χ3n) is 3.42. The lowest BCUT2D eigenvalue weighted by Gasteiger charge is -2.06. The molecule has 0 unspecified atom stereocenters. The van der Waals surface area contributed by atoms with E-state index in [2.05, 4.69) is 29.8 Å². The van der Waals surface area contributed by atoms with Crippen LogP contribution in [0.5, 0.6) is 0 Å². The molecule has 2 aromatic carbocycles. The van der Waals surface area contributed by atoms with Gasteiger partial charge in [-0.3, -0.25) is 10.0 Å². The summed E-state index contributed by atoms with van der Waals surface area (Å²) in [5.41, 5.74) is 5.36. The van der Waals surface area contributed by atoms with E-state index in [0.29, 0.717) is 5.56 Å². The predicted molar refractivity (Wildman–Crippen MR) is 77.3 cm³/mol. The van der Waals surface area contributed by atoms with Crippen LogP contribution < -0.4 is 5.48 Å². The number of hydroxylamine groups is 1. The number of carbonyl (C=O) groups is 1. The van der Waals surface area contributed by atoms with Crippen molar-refractivity contribution in [1.29, 1.82) is 0 Å². The van der Waals surface area contributed by atoms with Crippen LogP contribution in [0.2, 0.25) is 0 Å². The smallest absolute Gasteiger partial charge is 0.274 e. The number of nitrogens with one attached hydrogen (secondary N) is 1. The lowest BCUT2D eigenvalue weighted by Crippen LogP contribution is -2.18. The van der Waals surface area contributed by atoms with Crippen molar-refractivity contribution in [2.75, 3.05) is 0 Å². The van der Waals surface area contributed by atoms with E-state index in [-0.39, 0.29) is 0 Å². The summed E-state index contributed by atoms with van der Waals surface area (Å²) < 4.78 is 2.09. The van der Waals surface area contributed by atoms with Crippen molar-refractivity contribution in [3.63, 3.8) is 0 Å². The topological polar surface area (TPSA) is 54.3 Å². The van der Waals surface area contributed by atoms with E-state index in [0.717, 1.165) is 11.2 Å². The summed E-state index contributed by atoms with van der Waals surface area (Å²) in [5.74, 6) is -0.509. The quantitative estimate of drug-likeness (QED) is 0.553. The lowest BCUT2D eigenvalue weighted by atomic mass is 10.2. The third kappa shape index (κ3) is 1.96. The van der Waals surface area contributed by atoms with Gasteiger partial charge in [-0.15, -0.1) is 0 Å². The van der Waals surface area contributed by atoms with Crippen LogP contribution in [0.25, 0.3) is 16.6 Å². The highest BCUT2D eigenvalue weighted by atomic mass is 16.5. The Morgan fingerprint density at radius 1 is 1.10 bits per heavy atom. The summed E-state index contributed by atoms with van der Waals surface area (Å²) >= 11 is 0. The molecule has 0 spiro atoms. The molecule has 1 aromatic heterocycles. The first-order valence-corrected chi connectivity index (χ1v) is 6.32. The van der Waals surface area contributed by atoms with Crippen molar-refractivity contribution >= 4 is 16.8 Å². The Labute approximate surface area is 116 Å². The average molecular weight is 266 g/mol. The molecule has 2 N–H and O–H groups in total. The van der Waals surface area contributed by atoms with Crippen molar-refractivity contribution in [3.8, 4) is 5.69 Å². The van der Waals surface area contributed by atoms with E-state index < -0.39 is 5.91 Å². The first-order chi connectivity index (χ1) is 9.70. The largest absolute Gasteiger partial charge is 0.316 e. The number of benzene rings is 2. The number of aromatic nitrogens is 1. The fourth-order valence-electron chi connectivity index (χ4n) is 2.40. The zero-order valence-corrected chi connectivity index (χ0v) is 11.0. The number of amides is 1. The fraction of sp³-hybridized carbons (Fsp3) is 0.0625. The summed E-state index contributed by atoms with van der Waals surface area (Å²) in [6.07, 6.45) is 2.08. The van der Waals surface area contributed by atoms with Gasteiger partial charge in [0, 0.05) is 22.8 Å². The number of fused-ring (bicyclic) bond motifs is 1. The maximum atomic E-state index is 11.3. The molecular weight excluding hydrogens is 252 g/mol. The van der Waals surface area contributed by atoms with Crippen LogP contribution in [0.3, 0.4) is 0 Å². The lowest BCUT2D eigenvalue weighted by molar-refractivity contribution is 0.0706. The second-order valence-electron chi connectivity index (χ2n) is 4.69. The van der Waals surface area contributed by atoms with E-state index in [9.17, 15) is 4.79 Å². The predicted octanol–water partition coefficient (Wildman–Crippen LogP) is 3.06. The monoisotopic (exact) mass is 266 g/mol. The molecule has 20 heavy (non-hydrogen) atoms. The summed E-state index contributed by atoms with van der Waals surface area (Å²) in [7, 11) is 0. The first kappa shape index (κ1) is 12.4. The Morgan fingerprint density at radius 2 is 1.80 bits per heavy atom.